The van der Waals surface area contributed by atoms with Crippen LogP contribution in [0.5, 0.6) is 5.75 Å². The van der Waals surface area contributed by atoms with E-state index in [-0.39, 0.29) is 35.3 Å². The molecule has 3 atom stereocenters. The minimum atomic E-state index is -4.78. The molecule has 2 aromatic rings. The zero-order chi connectivity index (χ0) is 23.5. The fraction of sp³-hybridized carbons (Fsp3) is 0.429. The number of benzene rings is 1. The molecule has 0 N–H and O–H groups in total. The van der Waals surface area contributed by atoms with Gasteiger partial charge in [-0.3, -0.25) is 4.79 Å². The van der Waals surface area contributed by atoms with Crippen molar-refractivity contribution in [2.75, 3.05) is 13.1 Å². The standard InChI is InChI=1S/C21H17F6N4O2/c22-20(23,24)16-5-6-31-17(29-19(31)28-16)18(32)30-9-12-7-11(8-13(12)10-30)14-3-1-2-4-15(14)33-21(25,26)27/h1-6,11-13H,7-10H2/q+1/t11?,12-,13+. The average molecular weight is 471 g/mol. The first kappa shape index (κ1) is 21.7. The van der Waals surface area contributed by atoms with Crippen LogP contribution in [-0.2, 0) is 11.0 Å². The summed E-state index contributed by atoms with van der Waals surface area (Å²) >= 11 is 0. The van der Waals surface area contributed by atoms with E-state index >= 15 is 0 Å². The monoisotopic (exact) mass is 471 g/mol. The van der Waals surface area contributed by atoms with Crippen molar-refractivity contribution in [3.8, 4) is 5.75 Å². The highest BCUT2D eigenvalue weighted by atomic mass is 19.4. The van der Waals surface area contributed by atoms with Gasteiger partial charge in [-0.25, -0.2) is 0 Å². The highest BCUT2D eigenvalue weighted by Crippen LogP contribution is 2.48. The number of likely N-dealkylation sites (tertiary alicyclic amines) is 1. The number of amides is 1. The third-order valence-electron chi connectivity index (χ3n) is 6.36. The van der Waals surface area contributed by atoms with Gasteiger partial charge in [-0.05, 0) is 42.2 Å². The molecular formula is C21H17F6N4O2+. The molecule has 0 radical (unpaired) electrons. The summed E-state index contributed by atoms with van der Waals surface area (Å²) in [5.74, 6) is -0.689. The minimum Gasteiger partial charge on any atom is -0.405 e. The number of aromatic nitrogens is 2. The van der Waals surface area contributed by atoms with E-state index in [1.165, 1.54) is 16.7 Å². The number of carbonyl (C=O) groups excluding carboxylic acids is 1. The molecule has 1 aromatic carbocycles. The van der Waals surface area contributed by atoms with Crippen LogP contribution < -0.4 is 9.30 Å². The van der Waals surface area contributed by atoms with E-state index < -0.39 is 24.1 Å². The van der Waals surface area contributed by atoms with Crippen molar-refractivity contribution in [1.82, 2.24) is 9.88 Å². The third kappa shape index (κ3) is 4.02. The molecule has 2 aliphatic heterocycles. The van der Waals surface area contributed by atoms with E-state index in [2.05, 4.69) is 14.7 Å². The molecule has 0 spiro atoms. The molecule has 1 amide bonds. The molecule has 1 aromatic heterocycles. The number of fused-ring (bicyclic) bond motifs is 2. The second kappa shape index (κ2) is 7.42. The van der Waals surface area contributed by atoms with Gasteiger partial charge in [-0.1, -0.05) is 28.2 Å². The van der Waals surface area contributed by atoms with Gasteiger partial charge in [-0.2, -0.15) is 17.7 Å². The van der Waals surface area contributed by atoms with E-state index in [1.807, 2.05) is 0 Å². The van der Waals surface area contributed by atoms with E-state index in [0.717, 1.165) is 12.3 Å². The van der Waals surface area contributed by atoms with Crippen molar-refractivity contribution in [1.29, 1.82) is 0 Å². The largest absolute Gasteiger partial charge is 0.573 e. The number of rotatable bonds is 3. The van der Waals surface area contributed by atoms with Gasteiger partial charge in [0, 0.05) is 19.2 Å². The summed E-state index contributed by atoms with van der Waals surface area (Å²) in [4.78, 5) is 21.7. The third-order valence-corrected chi connectivity index (χ3v) is 6.36. The van der Waals surface area contributed by atoms with E-state index in [4.69, 9.17) is 0 Å². The lowest BCUT2D eigenvalue weighted by atomic mass is 9.95. The molecule has 1 saturated carbocycles. The Bertz CT molecular complexity index is 1130. The average Bonchev–Trinajstić information content (AvgIpc) is 3.26. The molecule has 1 aliphatic carbocycles. The number of nitrogens with zero attached hydrogens (tertiary/aromatic N) is 4. The van der Waals surface area contributed by atoms with Crippen LogP contribution in [0.1, 0.15) is 30.0 Å². The fourth-order valence-electron chi connectivity index (χ4n) is 4.96. The molecular weight excluding hydrogens is 454 g/mol. The molecule has 0 bridgehead atoms. The molecule has 5 rings (SSSR count). The van der Waals surface area contributed by atoms with Gasteiger partial charge < -0.3 is 9.64 Å². The first-order chi connectivity index (χ1) is 15.5. The second-order valence-corrected chi connectivity index (χ2v) is 8.40. The van der Waals surface area contributed by atoms with Gasteiger partial charge in [0.05, 0.1) is 6.20 Å². The summed E-state index contributed by atoms with van der Waals surface area (Å²) in [5, 5.41) is 0. The lowest BCUT2D eigenvalue weighted by molar-refractivity contribution is -0.559. The zero-order valence-electron chi connectivity index (χ0n) is 16.9. The Morgan fingerprint density at radius 1 is 1.03 bits per heavy atom. The number of alkyl halides is 6. The maximum Gasteiger partial charge on any atom is 0.573 e. The number of hydrogen-bond donors (Lipinski definition) is 0. The predicted molar refractivity (Wildman–Crippen MR) is 101 cm³/mol. The summed E-state index contributed by atoms with van der Waals surface area (Å²) in [7, 11) is 0. The lowest BCUT2D eigenvalue weighted by Gasteiger charge is -2.22. The van der Waals surface area contributed by atoms with Gasteiger partial charge in [0.1, 0.15) is 5.75 Å². The Kier molecular flexibility index (Phi) is 4.87. The second-order valence-electron chi connectivity index (χ2n) is 8.40. The van der Waals surface area contributed by atoms with Gasteiger partial charge in [0.2, 0.25) is 5.69 Å². The maximum absolute atomic E-state index is 12.8. The van der Waals surface area contributed by atoms with E-state index in [9.17, 15) is 31.1 Å². The lowest BCUT2D eigenvalue weighted by Crippen LogP contribution is -2.58. The van der Waals surface area contributed by atoms with Crippen molar-refractivity contribution in [2.45, 2.75) is 31.3 Å². The van der Waals surface area contributed by atoms with E-state index in [0.29, 0.717) is 31.5 Å². The van der Waals surface area contributed by atoms with Crippen molar-refractivity contribution in [3.05, 3.63) is 47.8 Å². The molecule has 33 heavy (non-hydrogen) atoms. The highest BCUT2D eigenvalue weighted by molar-refractivity contribution is 6.35. The van der Waals surface area contributed by atoms with Crippen LogP contribution >= 0.6 is 0 Å². The first-order valence-corrected chi connectivity index (χ1v) is 10.2. The summed E-state index contributed by atoms with van der Waals surface area (Å²) < 4.78 is 81.9. The maximum atomic E-state index is 12.8. The smallest absolute Gasteiger partial charge is 0.405 e. The van der Waals surface area contributed by atoms with Crippen LogP contribution in [0.25, 0.3) is 0 Å². The molecule has 1 saturated heterocycles. The van der Waals surface area contributed by atoms with Gasteiger partial charge >= 0.3 is 30.2 Å². The number of aliphatic imine (C=N–C) groups is 1. The summed E-state index contributed by atoms with van der Waals surface area (Å²) in [5.41, 5.74) is -0.581. The van der Waals surface area contributed by atoms with Crippen molar-refractivity contribution < 1.29 is 40.4 Å². The Morgan fingerprint density at radius 3 is 2.30 bits per heavy atom. The van der Waals surface area contributed by atoms with Crippen molar-refractivity contribution in [3.63, 3.8) is 0 Å². The van der Waals surface area contributed by atoms with E-state index in [1.54, 1.807) is 17.0 Å². The number of halogens is 6. The number of carbonyl (C=O) groups is 1. The SMILES string of the molecule is O=C(C1=Nc2nc(C(F)(F)F)cc[n+]21)N1C[C@H]2CC(c3ccccc3OC(F)(F)F)C[C@H]2C1. The Labute approximate surface area is 183 Å². The number of ether oxygens (including phenoxy) is 1. The quantitative estimate of drug-likeness (QED) is 0.505. The molecule has 174 valence electrons. The van der Waals surface area contributed by atoms with Gasteiger partial charge in [-0.15, -0.1) is 13.2 Å². The Hall–Kier alpha value is -3.18. The summed E-state index contributed by atoms with van der Waals surface area (Å²) in [6.45, 7) is 0.816. The molecule has 1 unspecified atom stereocenters. The minimum absolute atomic E-state index is 0.00618. The molecule has 3 aliphatic rings. The summed E-state index contributed by atoms with van der Waals surface area (Å²) in [6, 6.07) is 6.88. The fourth-order valence-corrected chi connectivity index (χ4v) is 4.96. The normalized spacial score (nSPS) is 24.1. The van der Waals surface area contributed by atoms with Crippen LogP contribution in [0, 0.1) is 11.8 Å². The molecule has 6 nitrogen and oxygen atoms in total. The zero-order valence-corrected chi connectivity index (χ0v) is 16.9. The van der Waals surface area contributed by atoms with Crippen LogP contribution in [0.15, 0.2) is 41.5 Å². The molecule has 3 heterocycles. The Morgan fingerprint density at radius 2 is 1.70 bits per heavy atom. The van der Waals surface area contributed by atoms with Gasteiger partial charge in [0.25, 0.3) is 0 Å². The van der Waals surface area contributed by atoms with Crippen LogP contribution in [0.2, 0.25) is 0 Å². The summed E-state index contributed by atoms with van der Waals surface area (Å²) in [6.07, 6.45) is -7.03. The first-order valence-electron chi connectivity index (χ1n) is 10.2. The number of para-hydroxylation sites is 1. The van der Waals surface area contributed by atoms with Crippen molar-refractivity contribution in [2.24, 2.45) is 16.8 Å². The molecule has 2 fully saturated rings. The van der Waals surface area contributed by atoms with Crippen LogP contribution in [0.3, 0.4) is 0 Å². The predicted octanol–water partition coefficient (Wildman–Crippen LogP) is 3.83. The van der Waals surface area contributed by atoms with Crippen LogP contribution in [0.4, 0.5) is 32.3 Å². The molecule has 12 heteroatoms. The van der Waals surface area contributed by atoms with Crippen LogP contribution in [-0.4, -0.2) is 41.1 Å². The highest BCUT2D eigenvalue weighted by Gasteiger charge is 2.47. The Balaban J connectivity index is 1.24. The number of hydrogen-bond acceptors (Lipinski definition) is 4. The topological polar surface area (TPSA) is 58.7 Å². The van der Waals surface area contributed by atoms with Crippen molar-refractivity contribution >= 4 is 17.7 Å². The van der Waals surface area contributed by atoms with Gasteiger partial charge in [0.15, 0.2) is 0 Å².